The lowest BCUT2D eigenvalue weighted by atomic mass is 9.93. The zero-order valence-corrected chi connectivity index (χ0v) is 17.1. The summed E-state index contributed by atoms with van der Waals surface area (Å²) >= 11 is 0. The van der Waals surface area contributed by atoms with E-state index in [1.54, 1.807) is 12.1 Å². The molecule has 0 amide bonds. The van der Waals surface area contributed by atoms with Crippen molar-refractivity contribution in [1.82, 2.24) is 5.32 Å². The van der Waals surface area contributed by atoms with Crippen molar-refractivity contribution in [2.45, 2.75) is 45.4 Å². The summed E-state index contributed by atoms with van der Waals surface area (Å²) < 4.78 is 5.79. The highest BCUT2D eigenvalue weighted by atomic mass is 16.5. The average molecular weight is 392 g/mol. The summed E-state index contributed by atoms with van der Waals surface area (Å²) in [5.74, 6) is 0.0332. The molecule has 2 aromatic carbocycles. The average Bonchev–Trinajstić information content (AvgIpc) is 2.75. The van der Waals surface area contributed by atoms with Crippen LogP contribution in [0.1, 0.15) is 60.5 Å². The number of rotatable bonds is 11. The molecule has 0 spiro atoms. The number of nitrogens with one attached hydrogen (secondary N) is 1. The molecule has 0 unspecified atom stereocenters. The summed E-state index contributed by atoms with van der Waals surface area (Å²) in [6, 6.07) is 15.5. The van der Waals surface area contributed by atoms with Crippen LogP contribution in [-0.2, 0) is 11.2 Å². The van der Waals surface area contributed by atoms with Crippen molar-refractivity contribution < 1.29 is 14.3 Å². The fraction of sp³-hybridized carbons (Fsp3) is 0.360. The zero-order chi connectivity index (χ0) is 20.5. The van der Waals surface area contributed by atoms with Gasteiger partial charge in [0.25, 0.3) is 0 Å². The third kappa shape index (κ3) is 5.80. The molecule has 1 N–H and O–H groups in total. The highest BCUT2D eigenvalue weighted by Gasteiger charge is 2.24. The standard InChI is InChI=1S/C25H29NO3/c1-2-3-4-7-17-29-20-14-12-19(13-15-20)9-8-16-26-23-18-24(27)25(28)22-11-6-5-10-21(22)23/h5-6,10-15,18,26H,2-4,7-9,16-17H2,1H3. The lowest BCUT2D eigenvalue weighted by Crippen LogP contribution is -2.25. The summed E-state index contributed by atoms with van der Waals surface area (Å²) in [7, 11) is 0. The van der Waals surface area contributed by atoms with Gasteiger partial charge in [-0.15, -0.1) is 0 Å². The predicted molar refractivity (Wildman–Crippen MR) is 116 cm³/mol. The van der Waals surface area contributed by atoms with E-state index in [0.29, 0.717) is 5.56 Å². The number of Topliss-reactive ketones (excluding diaryl/α,β-unsaturated/α-hetero) is 1. The second-order valence-electron chi connectivity index (χ2n) is 7.38. The molecule has 0 bridgehead atoms. The van der Waals surface area contributed by atoms with E-state index in [-0.39, 0.29) is 0 Å². The normalized spacial score (nSPS) is 13.1. The van der Waals surface area contributed by atoms with E-state index in [0.717, 1.165) is 49.4 Å². The topological polar surface area (TPSA) is 55.4 Å². The Balaban J connectivity index is 1.43. The van der Waals surface area contributed by atoms with Crippen molar-refractivity contribution in [2.24, 2.45) is 0 Å². The smallest absolute Gasteiger partial charge is 0.233 e. The number of unbranched alkanes of at least 4 members (excludes halogenated alkanes) is 3. The summed E-state index contributed by atoms with van der Waals surface area (Å²) in [5.41, 5.74) is 3.27. The maximum atomic E-state index is 12.0. The number of allylic oxidation sites excluding steroid dienone is 1. The summed E-state index contributed by atoms with van der Waals surface area (Å²) in [5, 5.41) is 3.32. The Morgan fingerprint density at radius 1 is 0.862 bits per heavy atom. The lowest BCUT2D eigenvalue weighted by Gasteiger charge is -2.17. The van der Waals surface area contributed by atoms with Gasteiger partial charge in [-0.05, 0) is 37.0 Å². The first-order valence-corrected chi connectivity index (χ1v) is 10.5. The summed E-state index contributed by atoms with van der Waals surface area (Å²) in [4.78, 5) is 23.9. The quantitative estimate of drug-likeness (QED) is 0.434. The number of ether oxygens (including phenoxy) is 1. The number of ketones is 2. The molecule has 0 aromatic heterocycles. The molecular weight excluding hydrogens is 362 g/mol. The van der Waals surface area contributed by atoms with Crippen LogP contribution in [0.25, 0.3) is 5.70 Å². The first-order valence-electron chi connectivity index (χ1n) is 10.5. The van der Waals surface area contributed by atoms with Gasteiger partial charge in [0.05, 0.1) is 6.61 Å². The van der Waals surface area contributed by atoms with Crippen LogP contribution in [0.5, 0.6) is 5.75 Å². The summed E-state index contributed by atoms with van der Waals surface area (Å²) in [6.07, 6.45) is 8.11. The van der Waals surface area contributed by atoms with Crippen LogP contribution in [0.15, 0.2) is 54.6 Å². The molecule has 0 heterocycles. The molecule has 152 valence electrons. The number of benzene rings is 2. The molecule has 1 aliphatic carbocycles. The molecule has 2 aromatic rings. The third-order valence-electron chi connectivity index (χ3n) is 5.11. The van der Waals surface area contributed by atoms with Crippen molar-refractivity contribution in [3.05, 3.63) is 71.3 Å². The van der Waals surface area contributed by atoms with E-state index in [9.17, 15) is 9.59 Å². The molecule has 0 aliphatic heterocycles. The minimum atomic E-state index is -0.462. The molecule has 1 aliphatic rings. The van der Waals surface area contributed by atoms with Crippen LogP contribution < -0.4 is 10.1 Å². The largest absolute Gasteiger partial charge is 0.494 e. The van der Waals surface area contributed by atoms with Gasteiger partial charge in [-0.25, -0.2) is 0 Å². The molecule has 4 heteroatoms. The van der Waals surface area contributed by atoms with E-state index in [4.69, 9.17) is 4.74 Å². The molecule has 0 saturated carbocycles. The van der Waals surface area contributed by atoms with Crippen molar-refractivity contribution in [2.75, 3.05) is 13.2 Å². The van der Waals surface area contributed by atoms with E-state index in [1.807, 2.05) is 24.3 Å². The Morgan fingerprint density at radius 3 is 2.38 bits per heavy atom. The zero-order valence-electron chi connectivity index (χ0n) is 17.1. The minimum Gasteiger partial charge on any atom is -0.494 e. The Kier molecular flexibility index (Phi) is 7.62. The van der Waals surface area contributed by atoms with Gasteiger partial charge in [0, 0.05) is 29.4 Å². The second kappa shape index (κ2) is 10.6. The van der Waals surface area contributed by atoms with Crippen LogP contribution >= 0.6 is 0 Å². The molecule has 0 fully saturated rings. The van der Waals surface area contributed by atoms with Crippen LogP contribution in [0.3, 0.4) is 0 Å². The van der Waals surface area contributed by atoms with Crippen molar-refractivity contribution >= 4 is 17.3 Å². The van der Waals surface area contributed by atoms with Gasteiger partial charge in [-0.1, -0.05) is 62.6 Å². The second-order valence-corrected chi connectivity index (χ2v) is 7.38. The number of hydrogen-bond donors (Lipinski definition) is 1. The predicted octanol–water partition coefficient (Wildman–Crippen LogP) is 4.97. The van der Waals surface area contributed by atoms with E-state index in [1.165, 1.54) is 30.9 Å². The lowest BCUT2D eigenvalue weighted by molar-refractivity contribution is -0.111. The number of carbonyl (C=O) groups is 2. The molecule has 4 nitrogen and oxygen atoms in total. The van der Waals surface area contributed by atoms with Crippen LogP contribution in [-0.4, -0.2) is 24.7 Å². The Bertz CT molecular complexity index is 868. The SMILES string of the molecule is CCCCCCOc1ccc(CCCNC2=CC(=O)C(=O)c3ccccc32)cc1. The van der Waals surface area contributed by atoms with Crippen molar-refractivity contribution in [1.29, 1.82) is 0 Å². The summed E-state index contributed by atoms with van der Waals surface area (Å²) in [6.45, 7) is 3.72. The van der Waals surface area contributed by atoms with E-state index >= 15 is 0 Å². The number of aryl methyl sites for hydroxylation is 1. The molecular formula is C25H29NO3. The number of carbonyl (C=O) groups excluding carboxylic acids is 2. The molecule has 0 radical (unpaired) electrons. The molecule has 29 heavy (non-hydrogen) atoms. The first kappa shape index (κ1) is 20.8. The van der Waals surface area contributed by atoms with Gasteiger partial charge in [0.1, 0.15) is 5.75 Å². The van der Waals surface area contributed by atoms with Gasteiger partial charge in [-0.2, -0.15) is 0 Å². The molecule has 3 rings (SSSR count). The van der Waals surface area contributed by atoms with Gasteiger partial charge < -0.3 is 10.1 Å². The highest BCUT2D eigenvalue weighted by molar-refractivity contribution is 6.50. The highest BCUT2D eigenvalue weighted by Crippen LogP contribution is 2.23. The maximum absolute atomic E-state index is 12.0. The molecule has 0 atom stereocenters. The fourth-order valence-corrected chi connectivity index (χ4v) is 3.46. The van der Waals surface area contributed by atoms with Crippen LogP contribution in [0, 0.1) is 0 Å². The minimum absolute atomic E-state index is 0.432. The van der Waals surface area contributed by atoms with Gasteiger partial charge in [0.15, 0.2) is 0 Å². The monoisotopic (exact) mass is 391 g/mol. The van der Waals surface area contributed by atoms with E-state index in [2.05, 4.69) is 24.4 Å². The van der Waals surface area contributed by atoms with Crippen molar-refractivity contribution in [3.8, 4) is 5.75 Å². The van der Waals surface area contributed by atoms with Gasteiger partial charge in [0.2, 0.25) is 11.6 Å². The van der Waals surface area contributed by atoms with Crippen LogP contribution in [0.4, 0.5) is 0 Å². The van der Waals surface area contributed by atoms with Crippen molar-refractivity contribution in [3.63, 3.8) is 0 Å². The number of fused-ring (bicyclic) bond motifs is 1. The molecule has 0 saturated heterocycles. The third-order valence-corrected chi connectivity index (χ3v) is 5.11. The first-order chi connectivity index (χ1) is 14.2. The fourth-order valence-electron chi connectivity index (χ4n) is 3.46. The van der Waals surface area contributed by atoms with Gasteiger partial charge >= 0.3 is 0 Å². The Labute approximate surface area is 173 Å². The Hall–Kier alpha value is -2.88. The van der Waals surface area contributed by atoms with E-state index < -0.39 is 11.6 Å². The Morgan fingerprint density at radius 2 is 1.62 bits per heavy atom. The van der Waals surface area contributed by atoms with Gasteiger partial charge in [-0.3, -0.25) is 9.59 Å². The maximum Gasteiger partial charge on any atom is 0.233 e. The van der Waals surface area contributed by atoms with Crippen LogP contribution in [0.2, 0.25) is 0 Å². The number of hydrogen-bond acceptors (Lipinski definition) is 4.